The lowest BCUT2D eigenvalue weighted by molar-refractivity contribution is 0.837. The maximum Gasteiger partial charge on any atom is 0.148 e. The highest BCUT2D eigenvalue weighted by atomic mass is 15.3. The fourth-order valence-corrected chi connectivity index (χ4v) is 2.13. The summed E-state index contributed by atoms with van der Waals surface area (Å²) in [5.41, 5.74) is 7.65. The number of nitrogens with two attached hydrogens (primary N) is 1. The van der Waals surface area contributed by atoms with Crippen LogP contribution >= 0.6 is 0 Å². The van der Waals surface area contributed by atoms with E-state index in [9.17, 15) is 0 Å². The van der Waals surface area contributed by atoms with Gasteiger partial charge in [0.1, 0.15) is 11.6 Å². The Kier molecular flexibility index (Phi) is 2.26. The number of rotatable bonds is 1. The van der Waals surface area contributed by atoms with Gasteiger partial charge < -0.3 is 5.73 Å². The SMILES string of the molecule is Cc1nc(C)n(-c2ccc(N)c3cnccc23)n1. The first-order chi connectivity index (χ1) is 8.66. The van der Waals surface area contributed by atoms with Gasteiger partial charge in [0.2, 0.25) is 0 Å². The molecule has 3 aromatic rings. The van der Waals surface area contributed by atoms with E-state index in [0.29, 0.717) is 0 Å². The third-order valence-electron chi connectivity index (χ3n) is 2.93. The Labute approximate surface area is 104 Å². The maximum absolute atomic E-state index is 5.96. The fourth-order valence-electron chi connectivity index (χ4n) is 2.13. The highest BCUT2D eigenvalue weighted by molar-refractivity contribution is 5.97. The Bertz CT molecular complexity index is 729. The van der Waals surface area contributed by atoms with Crippen LogP contribution in [0.15, 0.2) is 30.6 Å². The zero-order valence-corrected chi connectivity index (χ0v) is 10.3. The number of hydrogen-bond donors (Lipinski definition) is 1. The van der Waals surface area contributed by atoms with Crippen LogP contribution in [0.1, 0.15) is 11.6 Å². The summed E-state index contributed by atoms with van der Waals surface area (Å²) in [4.78, 5) is 8.43. The third-order valence-corrected chi connectivity index (χ3v) is 2.93. The van der Waals surface area contributed by atoms with E-state index in [2.05, 4.69) is 15.1 Å². The van der Waals surface area contributed by atoms with E-state index in [1.54, 1.807) is 12.4 Å². The van der Waals surface area contributed by atoms with Gasteiger partial charge in [-0.05, 0) is 32.0 Å². The molecule has 5 nitrogen and oxygen atoms in total. The molecule has 90 valence electrons. The number of nitrogens with zero attached hydrogens (tertiary/aromatic N) is 4. The molecule has 0 spiro atoms. The smallest absolute Gasteiger partial charge is 0.148 e. The van der Waals surface area contributed by atoms with Gasteiger partial charge in [0.15, 0.2) is 0 Å². The number of fused-ring (bicyclic) bond motifs is 1. The molecule has 0 aliphatic heterocycles. The Morgan fingerprint density at radius 1 is 1.11 bits per heavy atom. The van der Waals surface area contributed by atoms with E-state index in [0.717, 1.165) is 33.8 Å². The molecule has 3 rings (SSSR count). The Hall–Kier alpha value is -2.43. The molecule has 0 amide bonds. The van der Waals surface area contributed by atoms with E-state index in [1.165, 1.54) is 0 Å². The average Bonchev–Trinajstić information content (AvgIpc) is 2.69. The molecule has 0 fully saturated rings. The highest BCUT2D eigenvalue weighted by Gasteiger charge is 2.10. The second-order valence-corrected chi connectivity index (χ2v) is 4.21. The molecule has 5 heteroatoms. The molecular weight excluding hydrogens is 226 g/mol. The first kappa shape index (κ1) is 10.7. The summed E-state index contributed by atoms with van der Waals surface area (Å²) < 4.78 is 1.83. The van der Waals surface area contributed by atoms with Gasteiger partial charge in [-0.25, -0.2) is 9.67 Å². The molecule has 0 saturated heterocycles. The van der Waals surface area contributed by atoms with Crippen molar-refractivity contribution in [1.82, 2.24) is 19.7 Å². The normalized spacial score (nSPS) is 11.0. The topological polar surface area (TPSA) is 69.6 Å². The molecule has 0 aliphatic carbocycles. The standard InChI is InChI=1S/C13H13N5/c1-8-16-9(2)18(17-8)13-4-3-12(14)11-7-15-6-5-10(11)13/h3-7H,14H2,1-2H3. The van der Waals surface area contributed by atoms with E-state index in [4.69, 9.17) is 5.73 Å². The molecule has 0 bridgehead atoms. The summed E-state index contributed by atoms with van der Waals surface area (Å²) in [7, 11) is 0. The van der Waals surface area contributed by atoms with Crippen LogP contribution in [-0.4, -0.2) is 19.7 Å². The van der Waals surface area contributed by atoms with Gasteiger partial charge in [-0.3, -0.25) is 4.98 Å². The van der Waals surface area contributed by atoms with E-state index in [1.807, 2.05) is 36.7 Å². The molecule has 2 aromatic heterocycles. The molecule has 0 radical (unpaired) electrons. The Morgan fingerprint density at radius 2 is 1.94 bits per heavy atom. The lowest BCUT2D eigenvalue weighted by atomic mass is 10.1. The Balaban J connectivity index is 2.37. The van der Waals surface area contributed by atoms with Crippen LogP contribution in [0, 0.1) is 13.8 Å². The largest absolute Gasteiger partial charge is 0.398 e. The summed E-state index contributed by atoms with van der Waals surface area (Å²) in [5.74, 6) is 1.61. The fraction of sp³-hybridized carbons (Fsp3) is 0.154. The van der Waals surface area contributed by atoms with Crippen molar-refractivity contribution in [3.8, 4) is 5.69 Å². The van der Waals surface area contributed by atoms with E-state index in [-0.39, 0.29) is 0 Å². The first-order valence-electron chi connectivity index (χ1n) is 5.69. The van der Waals surface area contributed by atoms with Gasteiger partial charge in [0.25, 0.3) is 0 Å². The van der Waals surface area contributed by atoms with Crippen LogP contribution in [-0.2, 0) is 0 Å². The quantitative estimate of drug-likeness (QED) is 0.659. The number of aromatic nitrogens is 4. The molecule has 0 unspecified atom stereocenters. The minimum Gasteiger partial charge on any atom is -0.398 e. The van der Waals surface area contributed by atoms with Gasteiger partial charge in [-0.2, -0.15) is 5.10 Å². The van der Waals surface area contributed by atoms with Crippen LogP contribution in [0.4, 0.5) is 5.69 Å². The van der Waals surface area contributed by atoms with Gasteiger partial charge in [-0.15, -0.1) is 0 Å². The van der Waals surface area contributed by atoms with Gasteiger partial charge in [-0.1, -0.05) is 0 Å². The zero-order chi connectivity index (χ0) is 12.7. The number of hydrogen-bond acceptors (Lipinski definition) is 4. The molecule has 2 heterocycles. The van der Waals surface area contributed by atoms with Crippen molar-refractivity contribution in [2.24, 2.45) is 0 Å². The summed E-state index contributed by atoms with van der Waals surface area (Å²) in [6, 6.07) is 5.77. The van der Waals surface area contributed by atoms with Gasteiger partial charge >= 0.3 is 0 Å². The van der Waals surface area contributed by atoms with Gasteiger partial charge in [0, 0.05) is 28.9 Å². The van der Waals surface area contributed by atoms with Crippen molar-refractivity contribution >= 4 is 16.5 Å². The second kappa shape index (κ2) is 3.80. The minimum absolute atomic E-state index is 0.719. The van der Waals surface area contributed by atoms with E-state index < -0.39 is 0 Å². The molecule has 18 heavy (non-hydrogen) atoms. The summed E-state index contributed by atoms with van der Waals surface area (Å²) >= 11 is 0. The lowest BCUT2D eigenvalue weighted by Gasteiger charge is -2.09. The second-order valence-electron chi connectivity index (χ2n) is 4.21. The van der Waals surface area contributed by atoms with Gasteiger partial charge in [0.05, 0.1) is 5.69 Å². The number of benzene rings is 1. The van der Waals surface area contributed by atoms with Crippen molar-refractivity contribution in [3.05, 3.63) is 42.2 Å². The molecule has 2 N–H and O–H groups in total. The number of aryl methyl sites for hydroxylation is 2. The average molecular weight is 239 g/mol. The van der Waals surface area contributed by atoms with Crippen molar-refractivity contribution in [2.75, 3.05) is 5.73 Å². The number of nitrogen functional groups attached to an aromatic ring is 1. The predicted octanol–water partition coefficient (Wildman–Crippen LogP) is 2.01. The Morgan fingerprint density at radius 3 is 2.67 bits per heavy atom. The van der Waals surface area contributed by atoms with Crippen molar-refractivity contribution in [1.29, 1.82) is 0 Å². The molecule has 1 aromatic carbocycles. The summed E-state index contributed by atoms with van der Waals surface area (Å²) in [5, 5.41) is 6.36. The molecule has 0 atom stereocenters. The molecular formula is C13H13N5. The maximum atomic E-state index is 5.96. The minimum atomic E-state index is 0.719. The number of anilines is 1. The lowest BCUT2D eigenvalue weighted by Crippen LogP contribution is -2.01. The summed E-state index contributed by atoms with van der Waals surface area (Å²) in [6.45, 7) is 3.81. The summed E-state index contributed by atoms with van der Waals surface area (Å²) in [6.07, 6.45) is 3.53. The third kappa shape index (κ3) is 1.52. The molecule has 0 saturated carbocycles. The highest BCUT2D eigenvalue weighted by Crippen LogP contribution is 2.26. The van der Waals surface area contributed by atoms with Crippen molar-refractivity contribution < 1.29 is 0 Å². The van der Waals surface area contributed by atoms with Crippen LogP contribution in [0.3, 0.4) is 0 Å². The zero-order valence-electron chi connectivity index (χ0n) is 10.3. The number of pyridine rings is 1. The van der Waals surface area contributed by atoms with Crippen LogP contribution < -0.4 is 5.73 Å². The molecule has 0 aliphatic rings. The van der Waals surface area contributed by atoms with Crippen LogP contribution in [0.25, 0.3) is 16.5 Å². The van der Waals surface area contributed by atoms with Crippen molar-refractivity contribution in [3.63, 3.8) is 0 Å². The first-order valence-corrected chi connectivity index (χ1v) is 5.69. The van der Waals surface area contributed by atoms with Crippen LogP contribution in [0.2, 0.25) is 0 Å². The predicted molar refractivity (Wildman–Crippen MR) is 70.5 cm³/mol. The monoisotopic (exact) mass is 239 g/mol. The van der Waals surface area contributed by atoms with Crippen LogP contribution in [0.5, 0.6) is 0 Å². The van der Waals surface area contributed by atoms with Crippen molar-refractivity contribution in [2.45, 2.75) is 13.8 Å². The van der Waals surface area contributed by atoms with E-state index >= 15 is 0 Å².